The van der Waals surface area contributed by atoms with E-state index >= 15 is 0 Å². The summed E-state index contributed by atoms with van der Waals surface area (Å²) in [6.45, 7) is 0.685. The van der Waals surface area contributed by atoms with Crippen LogP contribution in [0.2, 0.25) is 5.28 Å². The summed E-state index contributed by atoms with van der Waals surface area (Å²) in [6, 6.07) is 3.35. The number of alkyl halides is 3. The summed E-state index contributed by atoms with van der Waals surface area (Å²) in [5, 5.41) is 2.95. The highest BCUT2D eigenvalue weighted by Gasteiger charge is 2.31. The monoisotopic (exact) mass is 371 g/mol. The van der Waals surface area contributed by atoms with Gasteiger partial charge in [-0.2, -0.15) is 13.2 Å². The molecule has 0 radical (unpaired) electrons. The molecule has 0 aliphatic carbocycles. The van der Waals surface area contributed by atoms with E-state index in [4.69, 9.17) is 17.3 Å². The molecular formula is C15H13ClF3N5O. The molecule has 10 heteroatoms. The van der Waals surface area contributed by atoms with Crippen LogP contribution < -0.4 is 11.1 Å². The van der Waals surface area contributed by atoms with Crippen molar-refractivity contribution < 1.29 is 18.0 Å². The number of nitrogen functional groups attached to an aromatic ring is 1. The van der Waals surface area contributed by atoms with Crippen molar-refractivity contribution in [3.8, 4) is 0 Å². The highest BCUT2D eigenvalue weighted by molar-refractivity contribution is 6.28. The predicted molar refractivity (Wildman–Crippen MR) is 85.5 cm³/mol. The maximum Gasteiger partial charge on any atom is 0.416 e. The molecule has 0 spiro atoms. The third-order valence-corrected chi connectivity index (χ3v) is 3.90. The Bertz CT molecular complexity index is 828. The maximum atomic E-state index is 12.9. The summed E-state index contributed by atoms with van der Waals surface area (Å²) in [5.74, 6) is 0.385. The molecule has 0 bridgehead atoms. The Hall–Kier alpha value is -2.55. The minimum Gasteiger partial charge on any atom is -0.399 e. The van der Waals surface area contributed by atoms with Gasteiger partial charge in [0, 0.05) is 17.8 Å². The molecule has 6 nitrogen and oxygen atoms in total. The molecule has 1 amide bonds. The Labute approximate surface area is 145 Å². The maximum absolute atomic E-state index is 12.9. The summed E-state index contributed by atoms with van der Waals surface area (Å²) in [7, 11) is 0. The number of nitrogens with one attached hydrogen (secondary N) is 1. The first kappa shape index (κ1) is 17.3. The zero-order valence-corrected chi connectivity index (χ0v) is 13.5. The largest absolute Gasteiger partial charge is 0.416 e. The summed E-state index contributed by atoms with van der Waals surface area (Å²) in [4.78, 5) is 20.6. The third kappa shape index (κ3) is 3.76. The quantitative estimate of drug-likeness (QED) is 0.490. The van der Waals surface area contributed by atoms with E-state index in [0.29, 0.717) is 42.1 Å². The van der Waals surface area contributed by atoms with Gasteiger partial charge in [-0.05, 0) is 35.4 Å². The Kier molecular flexibility index (Phi) is 4.42. The Balaban J connectivity index is 1.84. The summed E-state index contributed by atoms with van der Waals surface area (Å²) in [5.41, 5.74) is 6.41. The SMILES string of the molecule is Nc1cc(CNc2nc(Cl)nc3c2CN(C=O)C3)cc(C(F)(F)F)c1. The van der Waals surface area contributed by atoms with Crippen molar-refractivity contribution in [2.75, 3.05) is 11.1 Å². The molecule has 2 aromatic rings. The van der Waals surface area contributed by atoms with Crippen molar-refractivity contribution in [3.63, 3.8) is 0 Å². The number of carbonyl (C=O) groups excluding carboxylic acids is 1. The minimum atomic E-state index is -4.48. The number of hydrogen-bond acceptors (Lipinski definition) is 5. The van der Waals surface area contributed by atoms with Crippen molar-refractivity contribution in [1.29, 1.82) is 0 Å². The van der Waals surface area contributed by atoms with Gasteiger partial charge in [0.25, 0.3) is 0 Å². The Morgan fingerprint density at radius 1 is 1.28 bits per heavy atom. The zero-order chi connectivity index (χ0) is 18.2. The van der Waals surface area contributed by atoms with E-state index < -0.39 is 11.7 Å². The number of nitrogens with two attached hydrogens (primary N) is 1. The third-order valence-electron chi connectivity index (χ3n) is 3.73. The van der Waals surface area contributed by atoms with Crippen LogP contribution in [0.3, 0.4) is 0 Å². The topological polar surface area (TPSA) is 84.1 Å². The van der Waals surface area contributed by atoms with Gasteiger partial charge < -0.3 is 16.0 Å². The van der Waals surface area contributed by atoms with Crippen LogP contribution in [0.25, 0.3) is 0 Å². The summed E-state index contributed by atoms with van der Waals surface area (Å²) in [6.07, 6.45) is -3.79. The number of hydrogen-bond donors (Lipinski definition) is 2. The molecular weight excluding hydrogens is 359 g/mol. The highest BCUT2D eigenvalue weighted by atomic mass is 35.5. The van der Waals surface area contributed by atoms with E-state index in [1.807, 2.05) is 0 Å². The van der Waals surface area contributed by atoms with Crippen LogP contribution in [0.4, 0.5) is 24.7 Å². The Morgan fingerprint density at radius 3 is 2.72 bits per heavy atom. The van der Waals surface area contributed by atoms with Crippen LogP contribution in [0, 0.1) is 0 Å². The fourth-order valence-electron chi connectivity index (χ4n) is 2.64. The number of benzene rings is 1. The van der Waals surface area contributed by atoms with Crippen molar-refractivity contribution in [1.82, 2.24) is 14.9 Å². The molecule has 0 fully saturated rings. The van der Waals surface area contributed by atoms with Gasteiger partial charge in [-0.15, -0.1) is 0 Å². The number of halogens is 4. The Morgan fingerprint density at radius 2 is 2.04 bits per heavy atom. The van der Waals surface area contributed by atoms with Crippen molar-refractivity contribution in [2.24, 2.45) is 0 Å². The molecule has 1 aliphatic heterocycles. The van der Waals surface area contributed by atoms with Gasteiger partial charge >= 0.3 is 6.18 Å². The lowest BCUT2D eigenvalue weighted by Crippen LogP contribution is -2.13. The minimum absolute atomic E-state index is 0.00226. The zero-order valence-electron chi connectivity index (χ0n) is 12.8. The van der Waals surface area contributed by atoms with Crippen LogP contribution in [-0.4, -0.2) is 21.3 Å². The van der Waals surface area contributed by atoms with Crippen LogP contribution in [-0.2, 0) is 30.6 Å². The lowest BCUT2D eigenvalue weighted by molar-refractivity contribution is -0.137. The fraction of sp³-hybridized carbons (Fsp3) is 0.267. The van der Waals surface area contributed by atoms with E-state index in [2.05, 4.69) is 15.3 Å². The van der Waals surface area contributed by atoms with Crippen molar-refractivity contribution in [3.05, 3.63) is 45.9 Å². The molecule has 3 N–H and O–H groups in total. The second kappa shape index (κ2) is 6.40. The van der Waals surface area contributed by atoms with Gasteiger partial charge in [-0.1, -0.05) is 0 Å². The molecule has 1 aromatic carbocycles. The number of carbonyl (C=O) groups is 1. The molecule has 25 heavy (non-hydrogen) atoms. The molecule has 0 unspecified atom stereocenters. The summed E-state index contributed by atoms with van der Waals surface area (Å²) >= 11 is 5.87. The van der Waals surface area contributed by atoms with Crippen molar-refractivity contribution >= 4 is 29.5 Å². The van der Waals surface area contributed by atoms with E-state index in [9.17, 15) is 18.0 Å². The predicted octanol–water partition coefficient (Wildman–Crippen LogP) is 2.82. The van der Waals surface area contributed by atoms with Gasteiger partial charge in [-0.25, -0.2) is 9.97 Å². The van der Waals surface area contributed by atoms with Gasteiger partial charge in [-0.3, -0.25) is 4.79 Å². The second-order valence-corrected chi connectivity index (χ2v) is 5.93. The fourth-order valence-corrected chi connectivity index (χ4v) is 2.83. The number of nitrogens with zero attached hydrogens (tertiary/aromatic N) is 3. The highest BCUT2D eigenvalue weighted by Crippen LogP contribution is 2.32. The van der Waals surface area contributed by atoms with Crippen LogP contribution in [0.1, 0.15) is 22.4 Å². The standard InChI is InChI=1S/C15H13ClF3N5O/c16-14-22-12-6-24(7-25)5-11(12)13(23-14)21-4-8-1-9(15(17,18)19)3-10(20)2-8/h1-3,7H,4-6,20H2,(H,21,22,23). The average Bonchev–Trinajstić information content (AvgIpc) is 2.94. The van der Waals surface area contributed by atoms with Gasteiger partial charge in [0.05, 0.1) is 24.3 Å². The number of amides is 1. The van der Waals surface area contributed by atoms with E-state index in [0.717, 1.165) is 12.1 Å². The van der Waals surface area contributed by atoms with Gasteiger partial charge in [0.15, 0.2) is 0 Å². The van der Waals surface area contributed by atoms with E-state index in [-0.39, 0.29) is 17.5 Å². The molecule has 3 rings (SSSR count). The van der Waals surface area contributed by atoms with E-state index in [1.54, 1.807) is 0 Å². The van der Waals surface area contributed by atoms with Crippen molar-refractivity contribution in [2.45, 2.75) is 25.8 Å². The molecule has 0 saturated carbocycles. The molecule has 2 heterocycles. The lowest BCUT2D eigenvalue weighted by Gasteiger charge is -2.13. The summed E-state index contributed by atoms with van der Waals surface area (Å²) < 4.78 is 38.6. The lowest BCUT2D eigenvalue weighted by atomic mass is 10.1. The van der Waals surface area contributed by atoms with Crippen LogP contribution in [0.5, 0.6) is 0 Å². The number of aromatic nitrogens is 2. The smallest absolute Gasteiger partial charge is 0.399 e. The van der Waals surface area contributed by atoms with Gasteiger partial charge in [0.2, 0.25) is 11.7 Å². The van der Waals surface area contributed by atoms with Crippen LogP contribution in [0.15, 0.2) is 18.2 Å². The normalized spacial score (nSPS) is 13.7. The first-order chi connectivity index (χ1) is 11.8. The molecule has 0 saturated heterocycles. The molecule has 132 valence electrons. The number of rotatable bonds is 4. The molecule has 0 atom stereocenters. The molecule has 1 aliphatic rings. The first-order valence-electron chi connectivity index (χ1n) is 7.21. The average molecular weight is 372 g/mol. The van der Waals surface area contributed by atoms with Gasteiger partial charge in [0.1, 0.15) is 5.82 Å². The second-order valence-electron chi connectivity index (χ2n) is 5.59. The first-order valence-corrected chi connectivity index (χ1v) is 7.59. The molecule has 1 aromatic heterocycles. The number of anilines is 2. The van der Waals surface area contributed by atoms with E-state index in [1.165, 1.54) is 11.0 Å². The van der Waals surface area contributed by atoms with Crippen LogP contribution >= 0.6 is 11.6 Å². The number of fused-ring (bicyclic) bond motifs is 1.